The summed E-state index contributed by atoms with van der Waals surface area (Å²) >= 11 is 0. The van der Waals surface area contributed by atoms with Crippen LogP contribution in [0.3, 0.4) is 0 Å². The molecule has 2 atom stereocenters. The second-order valence-electron chi connectivity index (χ2n) is 7.31. The monoisotopic (exact) mass is 373 g/mol. The molecule has 2 saturated heterocycles. The average molecular weight is 373 g/mol. The Morgan fingerprint density at radius 3 is 2.70 bits per heavy atom. The maximum atomic E-state index is 13.0. The minimum absolute atomic E-state index is 0.0449. The summed E-state index contributed by atoms with van der Waals surface area (Å²) in [4.78, 5) is 39.0. The summed E-state index contributed by atoms with van der Waals surface area (Å²) in [6, 6.07) is 6.36. The van der Waals surface area contributed by atoms with Crippen LogP contribution in [0.1, 0.15) is 36.5 Å². The number of rotatable bonds is 5. The van der Waals surface area contributed by atoms with Gasteiger partial charge in [-0.15, -0.1) is 0 Å². The van der Waals surface area contributed by atoms with Gasteiger partial charge in [-0.25, -0.2) is 4.79 Å². The molecule has 1 aromatic rings. The average Bonchev–Trinajstić information content (AvgIpc) is 2.65. The van der Waals surface area contributed by atoms with Crippen molar-refractivity contribution < 1.29 is 19.1 Å². The molecule has 27 heavy (non-hydrogen) atoms. The molecule has 0 bridgehead atoms. The van der Waals surface area contributed by atoms with Crippen LogP contribution in [0.4, 0.5) is 5.69 Å². The number of piperidine rings is 1. The fourth-order valence-electron chi connectivity index (χ4n) is 3.59. The first kappa shape index (κ1) is 19.4. The Hall–Kier alpha value is -2.41. The minimum atomic E-state index is -0.541. The molecule has 1 aromatic carbocycles. The number of carbonyl (C=O) groups excluding carboxylic acids is 3. The van der Waals surface area contributed by atoms with Crippen molar-refractivity contribution >= 4 is 23.5 Å². The van der Waals surface area contributed by atoms with Gasteiger partial charge in [0, 0.05) is 23.7 Å². The van der Waals surface area contributed by atoms with Gasteiger partial charge >= 0.3 is 5.97 Å². The fraction of sp³-hybridized carbons (Fsp3) is 0.550. The Balaban J connectivity index is 1.71. The number of likely N-dealkylation sites (tertiary alicyclic amines) is 1. The summed E-state index contributed by atoms with van der Waals surface area (Å²) < 4.78 is 4.85. The zero-order valence-corrected chi connectivity index (χ0v) is 15.9. The summed E-state index contributed by atoms with van der Waals surface area (Å²) in [5, 5.41) is 6.08. The fourth-order valence-corrected chi connectivity index (χ4v) is 3.59. The number of esters is 1. The molecular weight excluding hydrogens is 346 g/mol. The van der Waals surface area contributed by atoms with E-state index in [-0.39, 0.29) is 23.7 Å². The smallest absolute Gasteiger partial charge is 0.328 e. The largest absolute Gasteiger partial charge is 0.467 e. The molecule has 0 saturated carbocycles. The van der Waals surface area contributed by atoms with E-state index in [1.54, 1.807) is 29.2 Å². The highest BCUT2D eigenvalue weighted by Crippen LogP contribution is 2.23. The third kappa shape index (κ3) is 4.30. The van der Waals surface area contributed by atoms with Gasteiger partial charge in [0.25, 0.3) is 5.91 Å². The van der Waals surface area contributed by atoms with E-state index in [0.717, 1.165) is 25.9 Å². The van der Waals surface area contributed by atoms with Gasteiger partial charge in [0.05, 0.1) is 7.11 Å². The number of nitrogens with one attached hydrogen (secondary N) is 2. The number of amides is 2. The van der Waals surface area contributed by atoms with E-state index < -0.39 is 6.04 Å². The van der Waals surface area contributed by atoms with Gasteiger partial charge < -0.3 is 20.3 Å². The summed E-state index contributed by atoms with van der Waals surface area (Å²) in [7, 11) is 1.34. The van der Waals surface area contributed by atoms with Gasteiger partial charge in [-0.05, 0) is 56.5 Å². The van der Waals surface area contributed by atoms with Crippen molar-refractivity contribution in [3.05, 3.63) is 29.8 Å². The second kappa shape index (κ2) is 8.52. The number of carbonyl (C=O) groups is 3. The van der Waals surface area contributed by atoms with Gasteiger partial charge in [0.2, 0.25) is 5.91 Å². The molecule has 0 aliphatic carbocycles. The molecule has 3 rings (SSSR count). The van der Waals surface area contributed by atoms with Gasteiger partial charge in [0.1, 0.15) is 6.04 Å². The minimum Gasteiger partial charge on any atom is -0.467 e. The highest BCUT2D eigenvalue weighted by atomic mass is 16.5. The zero-order chi connectivity index (χ0) is 19.4. The summed E-state index contributed by atoms with van der Waals surface area (Å²) in [6.07, 6.45) is 2.37. The number of ether oxygens (including phenoxy) is 1. The molecule has 2 amide bonds. The van der Waals surface area contributed by atoms with Crippen LogP contribution in [-0.4, -0.2) is 55.5 Å². The SMILES string of the molecule is COC(=O)C1CCCCN1C(=O)c1cccc(NC(=O)C(C)C2CNC2)c1. The standard InChI is InChI=1S/C20H27N3O4/c1-13(15-11-21-12-15)18(24)22-16-7-5-6-14(10-16)19(25)23-9-4-3-8-17(23)20(26)27-2/h5-7,10,13,15,17,21H,3-4,8-9,11-12H2,1-2H3,(H,22,24). The highest BCUT2D eigenvalue weighted by Gasteiger charge is 2.33. The van der Waals surface area contributed by atoms with E-state index in [2.05, 4.69) is 10.6 Å². The van der Waals surface area contributed by atoms with Gasteiger partial charge in [-0.1, -0.05) is 13.0 Å². The lowest BCUT2D eigenvalue weighted by Gasteiger charge is -2.34. The first-order chi connectivity index (χ1) is 13.0. The Kier molecular flexibility index (Phi) is 6.11. The summed E-state index contributed by atoms with van der Waals surface area (Å²) in [5.74, 6) is -0.371. The van der Waals surface area contributed by atoms with Gasteiger partial charge in [-0.3, -0.25) is 9.59 Å². The number of nitrogens with zero attached hydrogens (tertiary/aromatic N) is 1. The predicted molar refractivity (Wildman–Crippen MR) is 101 cm³/mol. The van der Waals surface area contributed by atoms with Crippen LogP contribution in [0, 0.1) is 11.8 Å². The number of anilines is 1. The number of benzene rings is 1. The maximum Gasteiger partial charge on any atom is 0.328 e. The molecule has 2 aliphatic heterocycles. The van der Waals surface area contributed by atoms with Gasteiger partial charge in [-0.2, -0.15) is 0 Å². The quantitative estimate of drug-likeness (QED) is 0.767. The van der Waals surface area contributed by atoms with Crippen molar-refractivity contribution in [3.63, 3.8) is 0 Å². The lowest BCUT2D eigenvalue weighted by atomic mass is 9.88. The Bertz CT molecular complexity index is 717. The molecule has 0 radical (unpaired) electrons. The molecule has 0 spiro atoms. The van der Waals surface area contributed by atoms with Crippen LogP contribution >= 0.6 is 0 Å². The van der Waals surface area contributed by atoms with Crippen molar-refractivity contribution in [3.8, 4) is 0 Å². The molecule has 2 aliphatic rings. The molecule has 2 fully saturated rings. The Morgan fingerprint density at radius 1 is 1.26 bits per heavy atom. The van der Waals surface area contributed by atoms with Gasteiger partial charge in [0.15, 0.2) is 0 Å². The van der Waals surface area contributed by atoms with Crippen molar-refractivity contribution in [2.75, 3.05) is 32.1 Å². The number of methoxy groups -OCH3 is 1. The van der Waals surface area contributed by atoms with E-state index in [0.29, 0.717) is 30.1 Å². The van der Waals surface area contributed by atoms with Crippen molar-refractivity contribution in [1.29, 1.82) is 0 Å². The molecule has 2 heterocycles. The number of hydrogen-bond acceptors (Lipinski definition) is 5. The first-order valence-electron chi connectivity index (χ1n) is 9.51. The van der Waals surface area contributed by atoms with Crippen LogP contribution in [0.25, 0.3) is 0 Å². The molecular formula is C20H27N3O4. The van der Waals surface area contributed by atoms with Crippen LogP contribution in [-0.2, 0) is 14.3 Å². The Labute approximate surface area is 159 Å². The van der Waals surface area contributed by atoms with E-state index in [4.69, 9.17) is 4.74 Å². The summed E-state index contributed by atoms with van der Waals surface area (Å²) in [5.41, 5.74) is 1.05. The van der Waals surface area contributed by atoms with Crippen LogP contribution < -0.4 is 10.6 Å². The third-order valence-corrected chi connectivity index (χ3v) is 5.55. The zero-order valence-electron chi connectivity index (χ0n) is 15.9. The van der Waals surface area contributed by atoms with Crippen molar-refractivity contribution in [2.24, 2.45) is 11.8 Å². The predicted octanol–water partition coefficient (Wildman–Crippen LogP) is 1.65. The highest BCUT2D eigenvalue weighted by molar-refractivity contribution is 5.99. The van der Waals surface area contributed by atoms with E-state index >= 15 is 0 Å². The second-order valence-corrected chi connectivity index (χ2v) is 7.31. The normalized spacial score (nSPS) is 21.1. The molecule has 7 heteroatoms. The van der Waals surface area contributed by atoms with E-state index in [1.165, 1.54) is 7.11 Å². The third-order valence-electron chi connectivity index (χ3n) is 5.55. The van der Waals surface area contributed by atoms with E-state index in [9.17, 15) is 14.4 Å². The molecule has 2 unspecified atom stereocenters. The lowest BCUT2D eigenvalue weighted by Crippen LogP contribution is -2.48. The lowest BCUT2D eigenvalue weighted by molar-refractivity contribution is -0.147. The molecule has 0 aromatic heterocycles. The topological polar surface area (TPSA) is 87.7 Å². The summed E-state index contributed by atoms with van der Waals surface area (Å²) in [6.45, 7) is 4.17. The molecule has 146 valence electrons. The van der Waals surface area contributed by atoms with Crippen molar-refractivity contribution in [2.45, 2.75) is 32.2 Å². The first-order valence-corrected chi connectivity index (χ1v) is 9.51. The Morgan fingerprint density at radius 2 is 2.04 bits per heavy atom. The maximum absolute atomic E-state index is 13.0. The van der Waals surface area contributed by atoms with E-state index in [1.807, 2.05) is 6.92 Å². The van der Waals surface area contributed by atoms with Crippen LogP contribution in [0.5, 0.6) is 0 Å². The van der Waals surface area contributed by atoms with Crippen molar-refractivity contribution in [1.82, 2.24) is 10.2 Å². The van der Waals surface area contributed by atoms with Crippen LogP contribution in [0.2, 0.25) is 0 Å². The molecule has 2 N–H and O–H groups in total. The molecule has 7 nitrogen and oxygen atoms in total. The number of hydrogen-bond donors (Lipinski definition) is 2. The van der Waals surface area contributed by atoms with Crippen LogP contribution in [0.15, 0.2) is 24.3 Å².